The first-order valence-corrected chi connectivity index (χ1v) is 8.81. The molecule has 1 aromatic rings. The molecule has 0 spiro atoms. The van der Waals surface area contributed by atoms with Gasteiger partial charge in [0.15, 0.2) is 0 Å². The van der Waals surface area contributed by atoms with E-state index in [1.807, 2.05) is 7.05 Å². The van der Waals surface area contributed by atoms with E-state index >= 15 is 0 Å². The van der Waals surface area contributed by atoms with Crippen molar-refractivity contribution >= 4 is 38.9 Å². The lowest BCUT2D eigenvalue weighted by molar-refractivity contribution is 0.357. The molecule has 1 saturated heterocycles. The summed E-state index contributed by atoms with van der Waals surface area (Å²) in [6.45, 7) is 2.33. The summed E-state index contributed by atoms with van der Waals surface area (Å²) in [5, 5.41) is 0.368. The average Bonchev–Trinajstić information content (AvgIpc) is 2.72. The largest absolute Gasteiger partial charge is 0.398 e. The van der Waals surface area contributed by atoms with Crippen molar-refractivity contribution in [2.45, 2.75) is 11.3 Å². The molecule has 1 fully saturated rings. The summed E-state index contributed by atoms with van der Waals surface area (Å²) in [5.74, 6) is 0.321. The molecule has 0 bridgehead atoms. The number of benzene rings is 1. The van der Waals surface area contributed by atoms with Crippen LogP contribution in [0.5, 0.6) is 0 Å². The van der Waals surface area contributed by atoms with Crippen molar-refractivity contribution in [3.8, 4) is 0 Å². The number of nitrogens with two attached hydrogens (primary N) is 1. The molecule has 0 radical (unpaired) electrons. The van der Waals surface area contributed by atoms with Gasteiger partial charge in [0.1, 0.15) is 4.90 Å². The number of sulfonamides is 1. The van der Waals surface area contributed by atoms with Crippen LogP contribution in [-0.4, -0.2) is 51.4 Å². The third-order valence-electron chi connectivity index (χ3n) is 3.71. The summed E-state index contributed by atoms with van der Waals surface area (Å²) in [4.78, 5) is 2.12. The van der Waals surface area contributed by atoms with Gasteiger partial charge in [0.2, 0.25) is 10.0 Å². The Morgan fingerprint density at radius 3 is 2.62 bits per heavy atom. The van der Waals surface area contributed by atoms with E-state index in [2.05, 4.69) is 4.90 Å². The predicted octanol–water partition coefficient (Wildman–Crippen LogP) is 2.15. The highest BCUT2D eigenvalue weighted by atomic mass is 35.5. The smallest absolute Gasteiger partial charge is 0.246 e. The van der Waals surface area contributed by atoms with Gasteiger partial charge >= 0.3 is 0 Å². The maximum absolute atomic E-state index is 12.7. The molecule has 118 valence electrons. The van der Waals surface area contributed by atoms with Crippen molar-refractivity contribution in [2.24, 2.45) is 5.92 Å². The molecule has 0 amide bonds. The molecule has 1 aliphatic heterocycles. The second-order valence-electron chi connectivity index (χ2n) is 5.51. The van der Waals surface area contributed by atoms with Gasteiger partial charge in [-0.15, -0.1) is 0 Å². The van der Waals surface area contributed by atoms with Crippen molar-refractivity contribution in [3.63, 3.8) is 0 Å². The van der Waals surface area contributed by atoms with Crippen molar-refractivity contribution in [3.05, 3.63) is 22.2 Å². The van der Waals surface area contributed by atoms with Crippen LogP contribution in [0.2, 0.25) is 10.0 Å². The lowest BCUT2D eigenvalue weighted by Gasteiger charge is -2.22. The summed E-state index contributed by atoms with van der Waals surface area (Å²) in [7, 11) is -0.139. The van der Waals surface area contributed by atoms with Gasteiger partial charge in [0.05, 0.1) is 10.7 Å². The Morgan fingerprint density at radius 2 is 2.10 bits per heavy atom. The van der Waals surface area contributed by atoms with E-state index < -0.39 is 10.0 Å². The molecular weight excluding hydrogens is 333 g/mol. The van der Waals surface area contributed by atoms with Gasteiger partial charge < -0.3 is 10.6 Å². The van der Waals surface area contributed by atoms with E-state index in [-0.39, 0.29) is 15.6 Å². The summed E-state index contributed by atoms with van der Waals surface area (Å²) in [6.07, 6.45) is 0.986. The Hall–Kier alpha value is -0.530. The molecule has 1 aromatic carbocycles. The second-order valence-corrected chi connectivity index (χ2v) is 8.33. The normalized spacial score (nSPS) is 20.3. The first-order chi connectivity index (χ1) is 9.71. The number of halogens is 2. The van der Waals surface area contributed by atoms with Crippen molar-refractivity contribution in [1.82, 2.24) is 9.21 Å². The standard InChI is InChI=1S/C13H19Cl2N3O2S/c1-17-4-3-9(7-17)8-18(2)21(19,20)13-11(15)5-10(14)6-12(13)16/h5-6,9H,3-4,7-8,16H2,1-2H3. The van der Waals surface area contributed by atoms with Gasteiger partial charge in [-0.2, -0.15) is 0 Å². The fourth-order valence-corrected chi connectivity index (χ4v) is 4.83. The summed E-state index contributed by atoms with van der Waals surface area (Å²) in [6, 6.07) is 2.79. The van der Waals surface area contributed by atoms with Crippen molar-refractivity contribution in [2.75, 3.05) is 39.5 Å². The van der Waals surface area contributed by atoms with E-state index in [0.717, 1.165) is 19.5 Å². The van der Waals surface area contributed by atoms with Crippen LogP contribution in [-0.2, 0) is 10.0 Å². The Kier molecular flexibility index (Phi) is 5.05. The lowest BCUT2D eigenvalue weighted by atomic mass is 10.1. The van der Waals surface area contributed by atoms with Crippen LogP contribution in [0.15, 0.2) is 17.0 Å². The minimum Gasteiger partial charge on any atom is -0.398 e. The van der Waals surface area contributed by atoms with E-state index in [0.29, 0.717) is 17.5 Å². The Morgan fingerprint density at radius 1 is 1.43 bits per heavy atom. The molecule has 2 rings (SSSR count). The van der Waals surface area contributed by atoms with E-state index in [1.54, 1.807) is 7.05 Å². The Labute approximate surface area is 135 Å². The zero-order valence-electron chi connectivity index (χ0n) is 12.0. The average molecular weight is 352 g/mol. The van der Waals surface area contributed by atoms with Gasteiger partial charge in [-0.3, -0.25) is 0 Å². The number of hydrogen-bond acceptors (Lipinski definition) is 4. The number of nitrogens with zero attached hydrogens (tertiary/aromatic N) is 2. The Bertz CT molecular complexity index is 613. The topological polar surface area (TPSA) is 66.6 Å². The summed E-state index contributed by atoms with van der Waals surface area (Å²) in [5.41, 5.74) is 5.87. The van der Waals surface area contributed by atoms with E-state index in [9.17, 15) is 8.42 Å². The number of likely N-dealkylation sites (tertiary alicyclic amines) is 1. The number of hydrogen-bond donors (Lipinski definition) is 1. The maximum Gasteiger partial charge on any atom is 0.246 e. The van der Waals surface area contributed by atoms with Crippen LogP contribution in [0.1, 0.15) is 6.42 Å². The third kappa shape index (κ3) is 3.63. The Balaban J connectivity index is 2.25. The van der Waals surface area contributed by atoms with E-state index in [4.69, 9.17) is 28.9 Å². The quantitative estimate of drug-likeness (QED) is 0.844. The molecule has 21 heavy (non-hydrogen) atoms. The molecule has 0 aromatic heterocycles. The predicted molar refractivity (Wildman–Crippen MR) is 86.3 cm³/mol. The van der Waals surface area contributed by atoms with Crippen LogP contribution in [0.4, 0.5) is 5.69 Å². The monoisotopic (exact) mass is 351 g/mol. The third-order valence-corrected chi connectivity index (χ3v) is 6.28. The van der Waals surface area contributed by atoms with Crippen LogP contribution in [0, 0.1) is 5.92 Å². The number of rotatable bonds is 4. The lowest BCUT2D eigenvalue weighted by Crippen LogP contribution is -2.33. The minimum atomic E-state index is -3.72. The molecule has 0 aliphatic carbocycles. The highest BCUT2D eigenvalue weighted by molar-refractivity contribution is 7.89. The van der Waals surface area contributed by atoms with Gasteiger partial charge in [-0.25, -0.2) is 12.7 Å². The summed E-state index contributed by atoms with van der Waals surface area (Å²) >= 11 is 11.9. The number of anilines is 1. The van der Waals surface area contributed by atoms with Crippen LogP contribution in [0.3, 0.4) is 0 Å². The molecule has 0 saturated carbocycles. The first kappa shape index (κ1) is 16.8. The molecule has 1 heterocycles. The van der Waals surface area contributed by atoms with Gasteiger partial charge in [0.25, 0.3) is 0 Å². The van der Waals surface area contributed by atoms with Crippen LogP contribution >= 0.6 is 23.2 Å². The zero-order valence-corrected chi connectivity index (χ0v) is 14.3. The molecule has 8 heteroatoms. The van der Waals surface area contributed by atoms with Crippen LogP contribution < -0.4 is 5.73 Å². The molecule has 1 atom stereocenters. The van der Waals surface area contributed by atoms with E-state index in [1.165, 1.54) is 16.4 Å². The maximum atomic E-state index is 12.7. The summed E-state index contributed by atoms with van der Waals surface area (Å²) < 4.78 is 26.6. The highest BCUT2D eigenvalue weighted by Crippen LogP contribution is 2.33. The van der Waals surface area contributed by atoms with Crippen molar-refractivity contribution in [1.29, 1.82) is 0 Å². The highest BCUT2D eigenvalue weighted by Gasteiger charge is 2.30. The molecular formula is C13H19Cl2N3O2S. The number of nitrogen functional groups attached to an aromatic ring is 1. The second kappa shape index (κ2) is 6.30. The fraction of sp³-hybridized carbons (Fsp3) is 0.538. The SMILES string of the molecule is CN1CCC(CN(C)S(=O)(=O)c2c(N)cc(Cl)cc2Cl)C1. The molecule has 1 unspecified atom stereocenters. The molecule has 2 N–H and O–H groups in total. The van der Waals surface area contributed by atoms with Gasteiger partial charge in [-0.05, 0) is 38.1 Å². The molecule has 5 nitrogen and oxygen atoms in total. The fourth-order valence-electron chi connectivity index (χ4n) is 2.65. The van der Waals surface area contributed by atoms with Crippen molar-refractivity contribution < 1.29 is 8.42 Å². The first-order valence-electron chi connectivity index (χ1n) is 6.61. The van der Waals surface area contributed by atoms with Crippen LogP contribution in [0.25, 0.3) is 0 Å². The van der Waals surface area contributed by atoms with Gasteiger partial charge in [0, 0.05) is 25.2 Å². The zero-order chi connectivity index (χ0) is 15.8. The minimum absolute atomic E-state index is 0.0513. The van der Waals surface area contributed by atoms with Gasteiger partial charge in [-0.1, -0.05) is 23.2 Å². The molecule has 1 aliphatic rings.